The number of esters is 1. The van der Waals surface area contributed by atoms with Crippen LogP contribution in [-0.4, -0.2) is 32.4 Å². The highest BCUT2D eigenvalue weighted by Crippen LogP contribution is 2.22. The Morgan fingerprint density at radius 1 is 1.17 bits per heavy atom. The molecule has 0 saturated carbocycles. The highest BCUT2D eigenvalue weighted by atomic mass is 32.2. The Kier molecular flexibility index (Phi) is 7.52. The second-order valence-corrected chi connectivity index (χ2v) is 7.99. The number of carbonyl (C=O) groups is 2. The average molecular weight is 361 g/mol. The normalized spacial score (nSPS) is 14.2. The van der Waals surface area contributed by atoms with Gasteiger partial charge in [-0.3, -0.25) is 9.59 Å². The third kappa shape index (κ3) is 8.19. The van der Waals surface area contributed by atoms with Crippen molar-refractivity contribution in [2.24, 2.45) is 11.3 Å². The molecule has 0 radical (unpaired) electrons. The number of hydrogen-bond acceptors (Lipinski definition) is 5. The number of ether oxygens (including phenoxy) is 1. The van der Waals surface area contributed by atoms with Gasteiger partial charge in [-0.15, -0.1) is 0 Å². The summed E-state index contributed by atoms with van der Waals surface area (Å²) in [5.74, 6) is -1.70. The molecule has 23 heavy (non-hydrogen) atoms. The van der Waals surface area contributed by atoms with Gasteiger partial charge in [0.1, 0.15) is 0 Å². The van der Waals surface area contributed by atoms with Crippen molar-refractivity contribution >= 4 is 21.9 Å². The van der Waals surface area contributed by atoms with Gasteiger partial charge in [-0.2, -0.15) is 21.6 Å². The van der Waals surface area contributed by atoms with Crippen LogP contribution in [0.2, 0.25) is 0 Å². The summed E-state index contributed by atoms with van der Waals surface area (Å²) >= 11 is 0. The fraction of sp³-hybridized carbons (Fsp3) is 0.846. The van der Waals surface area contributed by atoms with Gasteiger partial charge in [-0.1, -0.05) is 6.92 Å². The van der Waals surface area contributed by atoms with Crippen molar-refractivity contribution in [1.82, 2.24) is 4.72 Å². The van der Waals surface area contributed by atoms with E-state index in [1.807, 2.05) is 0 Å². The summed E-state index contributed by atoms with van der Waals surface area (Å²) in [5, 5.41) is 0. The molecule has 0 aromatic rings. The van der Waals surface area contributed by atoms with Crippen LogP contribution < -0.4 is 4.72 Å². The fourth-order valence-electron chi connectivity index (χ4n) is 1.39. The molecule has 136 valence electrons. The minimum atomic E-state index is -5.65. The smallest absolute Gasteiger partial charge is 0.465 e. The predicted octanol–water partition coefficient (Wildman–Crippen LogP) is 2.35. The van der Waals surface area contributed by atoms with E-state index in [0.29, 0.717) is 6.42 Å². The summed E-state index contributed by atoms with van der Waals surface area (Å²) in [6.45, 7) is 6.97. The fourth-order valence-corrected chi connectivity index (χ4v) is 1.91. The van der Waals surface area contributed by atoms with E-state index in [0.717, 1.165) is 4.72 Å². The van der Waals surface area contributed by atoms with Crippen LogP contribution >= 0.6 is 0 Å². The van der Waals surface area contributed by atoms with Crippen LogP contribution in [0.5, 0.6) is 0 Å². The molecule has 1 unspecified atom stereocenters. The largest absolute Gasteiger partial charge is 0.516 e. The van der Waals surface area contributed by atoms with E-state index in [1.54, 1.807) is 27.7 Å². The SMILES string of the molecule is CC(CCCC(=O)NS(=O)(=O)C(F)(F)F)COC(=O)C(C)(C)C. The van der Waals surface area contributed by atoms with Gasteiger partial charge in [0.25, 0.3) is 0 Å². The lowest BCUT2D eigenvalue weighted by Crippen LogP contribution is -2.40. The van der Waals surface area contributed by atoms with Gasteiger partial charge in [0.05, 0.1) is 12.0 Å². The first-order valence-electron chi connectivity index (χ1n) is 6.96. The number of rotatable bonds is 7. The number of alkyl halides is 3. The van der Waals surface area contributed by atoms with Crippen molar-refractivity contribution in [3.8, 4) is 0 Å². The number of carbonyl (C=O) groups excluding carboxylic acids is 2. The molecule has 0 saturated heterocycles. The van der Waals surface area contributed by atoms with Gasteiger partial charge in [-0.05, 0) is 39.5 Å². The molecule has 0 heterocycles. The minimum absolute atomic E-state index is 0.103. The lowest BCUT2D eigenvalue weighted by molar-refractivity contribution is -0.154. The third-order valence-electron chi connectivity index (χ3n) is 2.76. The number of hydrogen-bond donors (Lipinski definition) is 1. The molecule has 0 aromatic carbocycles. The van der Waals surface area contributed by atoms with Crippen molar-refractivity contribution in [1.29, 1.82) is 0 Å². The maximum absolute atomic E-state index is 12.1. The second kappa shape index (κ2) is 7.98. The Morgan fingerprint density at radius 3 is 2.13 bits per heavy atom. The van der Waals surface area contributed by atoms with E-state index < -0.39 is 26.9 Å². The van der Waals surface area contributed by atoms with Crippen LogP contribution in [0.25, 0.3) is 0 Å². The molecule has 0 bridgehead atoms. The zero-order valence-electron chi connectivity index (χ0n) is 13.5. The Labute approximate surface area is 133 Å². The summed E-state index contributed by atoms with van der Waals surface area (Å²) in [5.41, 5.74) is -6.15. The van der Waals surface area contributed by atoms with E-state index in [4.69, 9.17) is 4.74 Å². The van der Waals surface area contributed by atoms with Crippen molar-refractivity contribution in [2.75, 3.05) is 6.61 Å². The van der Waals surface area contributed by atoms with Gasteiger partial charge in [0.2, 0.25) is 5.91 Å². The molecule has 10 heteroatoms. The lowest BCUT2D eigenvalue weighted by Gasteiger charge is -2.19. The molecular formula is C13H22F3NO5S. The van der Waals surface area contributed by atoms with Crippen LogP contribution in [0.4, 0.5) is 13.2 Å². The lowest BCUT2D eigenvalue weighted by atomic mass is 9.97. The van der Waals surface area contributed by atoms with Gasteiger partial charge in [0.15, 0.2) is 0 Å². The molecule has 0 fully saturated rings. The quantitative estimate of drug-likeness (QED) is 0.703. The molecule has 0 rings (SSSR count). The first kappa shape index (κ1) is 21.7. The third-order valence-corrected chi connectivity index (χ3v) is 3.87. The number of halogens is 3. The molecule has 0 aromatic heterocycles. The van der Waals surface area contributed by atoms with E-state index in [2.05, 4.69) is 0 Å². The molecule has 0 spiro atoms. The standard InChI is InChI=1S/C13H22F3NO5S/c1-9(8-22-11(19)12(2,3)4)6-5-7-10(18)17-23(20,21)13(14,15)16/h9H,5-8H2,1-4H3,(H,17,18). The predicted molar refractivity (Wildman–Crippen MR) is 76.5 cm³/mol. The molecule has 0 aliphatic carbocycles. The van der Waals surface area contributed by atoms with Gasteiger partial charge >= 0.3 is 21.5 Å². The number of amides is 1. The molecule has 0 aliphatic heterocycles. The van der Waals surface area contributed by atoms with Crippen molar-refractivity contribution < 1.29 is 35.9 Å². The van der Waals surface area contributed by atoms with E-state index in [-0.39, 0.29) is 31.3 Å². The Hall–Kier alpha value is -1.32. The first-order chi connectivity index (χ1) is 10.2. The Morgan fingerprint density at radius 2 is 1.70 bits per heavy atom. The van der Waals surface area contributed by atoms with E-state index >= 15 is 0 Å². The van der Waals surface area contributed by atoms with E-state index in [1.165, 1.54) is 0 Å². The van der Waals surface area contributed by atoms with Gasteiger partial charge < -0.3 is 4.74 Å². The first-order valence-corrected chi connectivity index (χ1v) is 8.44. The molecule has 1 atom stereocenters. The summed E-state index contributed by atoms with van der Waals surface area (Å²) in [4.78, 5) is 22.8. The Balaban J connectivity index is 4.12. The topological polar surface area (TPSA) is 89.5 Å². The molecule has 1 amide bonds. The van der Waals surface area contributed by atoms with Crippen molar-refractivity contribution in [2.45, 2.75) is 52.5 Å². The van der Waals surface area contributed by atoms with Crippen LogP contribution in [0.1, 0.15) is 47.0 Å². The summed E-state index contributed by atoms with van der Waals surface area (Å²) < 4.78 is 63.7. The summed E-state index contributed by atoms with van der Waals surface area (Å²) in [6.07, 6.45) is 0.206. The Bertz CT molecular complexity index is 523. The van der Waals surface area contributed by atoms with Gasteiger partial charge in [0, 0.05) is 6.42 Å². The summed E-state index contributed by atoms with van der Waals surface area (Å²) in [6, 6.07) is 0. The maximum Gasteiger partial charge on any atom is 0.516 e. The van der Waals surface area contributed by atoms with Gasteiger partial charge in [-0.25, -0.2) is 4.72 Å². The monoisotopic (exact) mass is 361 g/mol. The average Bonchev–Trinajstić information content (AvgIpc) is 2.32. The number of sulfonamides is 1. The zero-order chi connectivity index (χ0) is 18.5. The van der Waals surface area contributed by atoms with Crippen LogP contribution in [0, 0.1) is 11.3 Å². The highest BCUT2D eigenvalue weighted by Gasteiger charge is 2.46. The van der Waals surface area contributed by atoms with Crippen LogP contribution in [0.3, 0.4) is 0 Å². The van der Waals surface area contributed by atoms with E-state index in [9.17, 15) is 31.2 Å². The minimum Gasteiger partial charge on any atom is -0.465 e. The highest BCUT2D eigenvalue weighted by molar-refractivity contribution is 7.90. The molecule has 0 aliphatic rings. The summed E-state index contributed by atoms with van der Waals surface area (Å²) in [7, 11) is -5.65. The van der Waals surface area contributed by atoms with Crippen LogP contribution in [-0.2, 0) is 24.3 Å². The molecule has 1 N–H and O–H groups in total. The number of nitrogens with one attached hydrogen (secondary N) is 1. The second-order valence-electron chi connectivity index (χ2n) is 6.32. The maximum atomic E-state index is 12.1. The molecular weight excluding hydrogens is 339 g/mol. The van der Waals surface area contributed by atoms with Crippen LogP contribution in [0.15, 0.2) is 0 Å². The van der Waals surface area contributed by atoms with Crippen molar-refractivity contribution in [3.05, 3.63) is 0 Å². The molecule has 6 nitrogen and oxygen atoms in total. The zero-order valence-corrected chi connectivity index (χ0v) is 14.3. The van der Waals surface area contributed by atoms with Crippen molar-refractivity contribution in [3.63, 3.8) is 0 Å².